The Morgan fingerprint density at radius 2 is 1.95 bits per heavy atom. The second kappa shape index (κ2) is 11.9. The highest BCUT2D eigenvalue weighted by Gasteiger charge is 2.30. The third-order valence-electron chi connectivity index (χ3n) is 7.89. The number of carbonyl (C=O) groups excluding carboxylic acids is 3. The molecule has 222 valence electrons. The predicted molar refractivity (Wildman–Crippen MR) is 168 cm³/mol. The molecule has 3 aromatic heterocycles. The number of carbonyl (C=O) groups is 3. The summed E-state index contributed by atoms with van der Waals surface area (Å²) in [6.45, 7) is 1.71. The molecule has 2 N–H and O–H groups in total. The number of hydrogen-bond donors (Lipinski definition) is 2. The number of nitrogens with zero attached hydrogens (tertiary/aromatic N) is 5. The number of terminal acetylenes is 1. The molecule has 2 aliphatic heterocycles. The molecule has 2 aliphatic rings. The first-order chi connectivity index (χ1) is 21.3. The number of nitrogens with one attached hydrogen (secondary N) is 2. The maximum atomic E-state index is 13.5. The molecule has 1 aromatic carbocycles. The number of anilines is 3. The number of aromatic nitrogens is 3. The summed E-state index contributed by atoms with van der Waals surface area (Å²) in [6.07, 6.45) is 15.4. The molecule has 0 saturated carbocycles. The van der Waals surface area contributed by atoms with E-state index in [2.05, 4.69) is 31.4 Å². The van der Waals surface area contributed by atoms with Gasteiger partial charge in [-0.1, -0.05) is 5.92 Å². The maximum Gasteiger partial charge on any atom is 0.323 e. The molecule has 0 bridgehead atoms. The lowest BCUT2D eigenvalue weighted by Gasteiger charge is -2.34. The summed E-state index contributed by atoms with van der Waals surface area (Å²) in [5, 5.41) is 6.35. The van der Waals surface area contributed by atoms with E-state index in [1.54, 1.807) is 60.7 Å². The van der Waals surface area contributed by atoms with Crippen LogP contribution < -0.4 is 20.3 Å². The Morgan fingerprint density at radius 1 is 1.16 bits per heavy atom. The number of aryl methyl sites for hydroxylation is 1. The van der Waals surface area contributed by atoms with Crippen molar-refractivity contribution in [2.24, 2.45) is 13.0 Å². The number of Topliss-reactive ketones (excluding diaryl/α,β-unsaturated/α-hetero) is 1. The quantitative estimate of drug-likeness (QED) is 0.250. The summed E-state index contributed by atoms with van der Waals surface area (Å²) in [5.41, 5.74) is 3.91. The molecular weight excluding hydrogens is 558 g/mol. The van der Waals surface area contributed by atoms with E-state index in [0.29, 0.717) is 55.2 Å². The van der Waals surface area contributed by atoms with Crippen molar-refractivity contribution in [3.63, 3.8) is 0 Å². The molecule has 1 saturated heterocycles. The fourth-order valence-corrected chi connectivity index (χ4v) is 5.72. The summed E-state index contributed by atoms with van der Waals surface area (Å²) >= 11 is 0. The van der Waals surface area contributed by atoms with E-state index in [1.165, 1.54) is 6.20 Å². The van der Waals surface area contributed by atoms with Gasteiger partial charge in [-0.3, -0.25) is 14.6 Å². The molecule has 44 heavy (non-hydrogen) atoms. The maximum absolute atomic E-state index is 13.5. The monoisotopic (exact) mass is 589 g/mol. The van der Waals surface area contributed by atoms with E-state index >= 15 is 0 Å². The molecule has 0 atom stereocenters. The van der Waals surface area contributed by atoms with E-state index in [-0.39, 0.29) is 23.4 Å². The second-order valence-corrected chi connectivity index (χ2v) is 10.9. The van der Waals surface area contributed by atoms with E-state index in [0.717, 1.165) is 22.3 Å². The number of ether oxygens (including phenoxy) is 1. The van der Waals surface area contributed by atoms with Crippen LogP contribution in [0.25, 0.3) is 17.1 Å². The Bertz CT molecular complexity index is 1830. The van der Waals surface area contributed by atoms with Crippen LogP contribution in [-0.4, -0.2) is 63.8 Å². The molecular formula is C33H31N7O4. The van der Waals surface area contributed by atoms with Crippen LogP contribution in [0.3, 0.4) is 0 Å². The second-order valence-electron chi connectivity index (χ2n) is 10.9. The Balaban J connectivity index is 1.21. The number of rotatable bonds is 6. The molecule has 5 heterocycles. The normalized spacial score (nSPS) is 15.5. The van der Waals surface area contributed by atoms with Gasteiger partial charge in [0.05, 0.1) is 24.0 Å². The van der Waals surface area contributed by atoms with Gasteiger partial charge in [-0.15, -0.1) is 6.42 Å². The zero-order valence-electron chi connectivity index (χ0n) is 24.4. The van der Waals surface area contributed by atoms with Gasteiger partial charge in [0.1, 0.15) is 11.4 Å². The van der Waals surface area contributed by atoms with E-state index in [4.69, 9.17) is 11.2 Å². The number of piperidine rings is 1. The van der Waals surface area contributed by atoms with Gasteiger partial charge in [-0.2, -0.15) is 0 Å². The lowest BCUT2D eigenvalue weighted by atomic mass is 9.94. The fraction of sp³-hybridized carbons (Fsp3) is 0.242. The topological polar surface area (TPSA) is 122 Å². The van der Waals surface area contributed by atoms with Crippen molar-refractivity contribution in [1.82, 2.24) is 19.4 Å². The largest absolute Gasteiger partial charge is 0.452 e. The van der Waals surface area contributed by atoms with Crippen LogP contribution >= 0.6 is 0 Å². The first-order valence-electron chi connectivity index (χ1n) is 14.3. The van der Waals surface area contributed by atoms with Crippen molar-refractivity contribution < 1.29 is 19.1 Å². The van der Waals surface area contributed by atoms with Gasteiger partial charge in [0.2, 0.25) is 11.7 Å². The van der Waals surface area contributed by atoms with Crippen LogP contribution in [0, 0.1) is 18.3 Å². The van der Waals surface area contributed by atoms with E-state index in [1.807, 2.05) is 23.9 Å². The van der Waals surface area contributed by atoms with Gasteiger partial charge in [0.15, 0.2) is 5.76 Å². The molecule has 0 spiro atoms. The van der Waals surface area contributed by atoms with Crippen molar-refractivity contribution in [3.8, 4) is 18.1 Å². The molecule has 0 aliphatic carbocycles. The molecule has 11 heteroatoms. The molecule has 11 nitrogen and oxygen atoms in total. The molecule has 4 aromatic rings. The number of benzene rings is 1. The summed E-state index contributed by atoms with van der Waals surface area (Å²) in [4.78, 5) is 51.1. The van der Waals surface area contributed by atoms with Crippen LogP contribution in [0.2, 0.25) is 0 Å². The van der Waals surface area contributed by atoms with E-state index < -0.39 is 6.03 Å². The highest BCUT2D eigenvalue weighted by Crippen LogP contribution is 2.37. The zero-order chi connectivity index (χ0) is 30.8. The van der Waals surface area contributed by atoms with Gasteiger partial charge >= 0.3 is 6.03 Å². The molecule has 1 fully saturated rings. The van der Waals surface area contributed by atoms with Crippen LogP contribution in [-0.2, 0) is 11.8 Å². The number of amides is 3. The highest BCUT2D eigenvalue weighted by atomic mass is 16.5. The van der Waals surface area contributed by atoms with Gasteiger partial charge in [0.25, 0.3) is 0 Å². The smallest absolute Gasteiger partial charge is 0.323 e. The van der Waals surface area contributed by atoms with Crippen molar-refractivity contribution in [2.45, 2.75) is 12.8 Å². The Labute approximate surface area is 254 Å². The summed E-state index contributed by atoms with van der Waals surface area (Å²) < 4.78 is 7.90. The summed E-state index contributed by atoms with van der Waals surface area (Å²) in [6, 6.07) is 9.90. The minimum absolute atomic E-state index is 0.0666. The van der Waals surface area contributed by atoms with E-state index in [9.17, 15) is 14.4 Å². The average molecular weight is 590 g/mol. The fourth-order valence-electron chi connectivity index (χ4n) is 5.72. The van der Waals surface area contributed by atoms with Crippen molar-refractivity contribution in [2.75, 3.05) is 42.2 Å². The zero-order valence-corrected chi connectivity index (χ0v) is 24.4. The van der Waals surface area contributed by atoms with Crippen LogP contribution in [0.4, 0.5) is 21.9 Å². The van der Waals surface area contributed by atoms with Crippen molar-refractivity contribution in [3.05, 3.63) is 78.1 Å². The third-order valence-corrected chi connectivity index (χ3v) is 7.89. The van der Waals surface area contributed by atoms with Crippen LogP contribution in [0.5, 0.6) is 5.75 Å². The van der Waals surface area contributed by atoms with Gasteiger partial charge in [-0.25, -0.2) is 9.78 Å². The molecule has 3 amide bonds. The molecule has 0 radical (unpaired) electrons. The van der Waals surface area contributed by atoms with Crippen LogP contribution in [0.15, 0.2) is 66.9 Å². The summed E-state index contributed by atoms with van der Waals surface area (Å²) in [5.74, 6) is 2.86. The number of allylic oxidation sites excluding steroid dienone is 1. The van der Waals surface area contributed by atoms with Gasteiger partial charge in [0, 0.05) is 74.0 Å². The lowest BCUT2D eigenvalue weighted by molar-refractivity contribution is -0.134. The number of hydrogen-bond acceptors (Lipinski definition) is 7. The predicted octanol–water partition coefficient (Wildman–Crippen LogP) is 4.54. The van der Waals surface area contributed by atoms with Gasteiger partial charge in [-0.05, 0) is 55.3 Å². The number of urea groups is 1. The lowest BCUT2D eigenvalue weighted by Crippen LogP contribution is -2.41. The molecule has 0 unspecified atom stereocenters. The minimum Gasteiger partial charge on any atom is -0.452 e. The average Bonchev–Trinajstić information content (AvgIpc) is 3.52. The van der Waals surface area contributed by atoms with Crippen molar-refractivity contribution >= 4 is 51.9 Å². The third kappa shape index (κ3) is 5.57. The van der Waals surface area contributed by atoms with Crippen LogP contribution in [0.1, 0.15) is 28.8 Å². The summed E-state index contributed by atoms with van der Waals surface area (Å²) in [7, 11) is 3.65. The Morgan fingerprint density at radius 3 is 2.70 bits per heavy atom. The minimum atomic E-state index is -0.455. The Kier molecular flexibility index (Phi) is 7.72. The number of fused-ring (bicyclic) bond motifs is 2. The van der Waals surface area contributed by atoms with Gasteiger partial charge < -0.3 is 29.7 Å². The number of ketones is 1. The Hall–Kier alpha value is -5.63. The standard InChI is InChI=1S/C33H31N7O4/c1-4-14-38(2)32(42)21-10-15-40(16-11-21)26-9-13-35-31-29(26)22(20-39(31)3)17-28-30(41)25-18-23(7-8-27(25)44-28)36-33(43)37-24-6-5-12-34-19-24/h1,5-9,12-13,17-21H,10-11,14-16H2,2-3H3,(H2,36,37,43)/b28-17-. The highest BCUT2D eigenvalue weighted by molar-refractivity contribution is 6.16. The SMILES string of the molecule is C#CCN(C)C(=O)C1CCN(c2ccnc3c2c(/C=C2\Oc4ccc(NC(=O)Nc5cccnc5)cc4C2=O)cn3C)CC1. The molecule has 6 rings (SSSR count). The first-order valence-corrected chi connectivity index (χ1v) is 14.3. The van der Waals surface area contributed by atoms with Crippen molar-refractivity contribution in [1.29, 1.82) is 0 Å². The first kappa shape index (κ1) is 28.5. The number of pyridine rings is 2.